The summed E-state index contributed by atoms with van der Waals surface area (Å²) >= 11 is 0. The number of nitrogens with zero attached hydrogens (tertiary/aromatic N) is 1. The lowest BCUT2D eigenvalue weighted by Crippen LogP contribution is -2.59. The summed E-state index contributed by atoms with van der Waals surface area (Å²) in [6, 6.07) is 11.5. The molecule has 116 valence electrons. The molecule has 3 rings (SSSR count). The SMILES string of the molecule is NCC1(NC2CCCC2)CCN(Cc2ccccc2)CC1. The molecule has 3 heteroatoms. The first kappa shape index (κ1) is 15.0. The van der Waals surface area contributed by atoms with Crippen molar-refractivity contribution in [2.75, 3.05) is 19.6 Å². The maximum absolute atomic E-state index is 6.13. The van der Waals surface area contributed by atoms with Crippen molar-refractivity contribution >= 4 is 0 Å². The highest BCUT2D eigenvalue weighted by Gasteiger charge is 2.35. The van der Waals surface area contributed by atoms with E-state index in [1.807, 2.05) is 0 Å². The minimum atomic E-state index is 0.197. The van der Waals surface area contributed by atoms with Gasteiger partial charge in [0, 0.05) is 37.8 Å². The highest BCUT2D eigenvalue weighted by Crippen LogP contribution is 2.27. The molecule has 1 aliphatic heterocycles. The van der Waals surface area contributed by atoms with E-state index < -0.39 is 0 Å². The maximum Gasteiger partial charge on any atom is 0.0330 e. The maximum atomic E-state index is 6.13. The Bertz CT molecular complexity index is 417. The molecule has 0 unspecified atom stereocenters. The number of benzene rings is 1. The number of hydrogen-bond donors (Lipinski definition) is 2. The van der Waals surface area contributed by atoms with Crippen LogP contribution in [0.4, 0.5) is 0 Å². The number of piperidine rings is 1. The molecule has 1 aromatic carbocycles. The first-order valence-corrected chi connectivity index (χ1v) is 8.54. The Morgan fingerprint density at radius 1 is 1.10 bits per heavy atom. The fourth-order valence-corrected chi connectivity index (χ4v) is 3.89. The van der Waals surface area contributed by atoms with Crippen LogP contribution in [-0.2, 0) is 6.54 Å². The molecule has 1 aliphatic carbocycles. The predicted octanol–water partition coefficient (Wildman–Crippen LogP) is 2.51. The Morgan fingerprint density at radius 3 is 2.38 bits per heavy atom. The fourth-order valence-electron chi connectivity index (χ4n) is 3.89. The summed E-state index contributed by atoms with van der Waals surface area (Å²) in [5.41, 5.74) is 7.75. The van der Waals surface area contributed by atoms with Gasteiger partial charge in [-0.3, -0.25) is 4.90 Å². The van der Waals surface area contributed by atoms with Gasteiger partial charge in [-0.1, -0.05) is 43.2 Å². The third-order valence-electron chi connectivity index (χ3n) is 5.32. The van der Waals surface area contributed by atoms with Gasteiger partial charge in [0.25, 0.3) is 0 Å². The van der Waals surface area contributed by atoms with Crippen molar-refractivity contribution < 1.29 is 0 Å². The molecule has 1 aromatic rings. The minimum Gasteiger partial charge on any atom is -0.329 e. The van der Waals surface area contributed by atoms with Crippen molar-refractivity contribution in [1.82, 2.24) is 10.2 Å². The minimum absolute atomic E-state index is 0.197. The average Bonchev–Trinajstić information content (AvgIpc) is 3.03. The van der Waals surface area contributed by atoms with Crippen molar-refractivity contribution in [3.8, 4) is 0 Å². The van der Waals surface area contributed by atoms with Crippen LogP contribution in [0.1, 0.15) is 44.1 Å². The standard InChI is InChI=1S/C18H29N3/c19-15-18(20-17-8-4-5-9-17)10-12-21(13-11-18)14-16-6-2-1-3-7-16/h1-3,6-7,17,20H,4-5,8-15,19H2. The summed E-state index contributed by atoms with van der Waals surface area (Å²) < 4.78 is 0. The number of likely N-dealkylation sites (tertiary alicyclic amines) is 1. The van der Waals surface area contributed by atoms with Crippen LogP contribution in [0.2, 0.25) is 0 Å². The lowest BCUT2D eigenvalue weighted by atomic mass is 9.86. The molecule has 0 spiro atoms. The van der Waals surface area contributed by atoms with Crippen LogP contribution in [0.15, 0.2) is 30.3 Å². The van der Waals surface area contributed by atoms with Crippen LogP contribution < -0.4 is 11.1 Å². The molecule has 0 amide bonds. The third kappa shape index (κ3) is 3.85. The number of hydrogen-bond acceptors (Lipinski definition) is 3. The number of nitrogens with one attached hydrogen (secondary N) is 1. The van der Waals surface area contributed by atoms with Gasteiger partial charge in [0.15, 0.2) is 0 Å². The molecule has 1 saturated heterocycles. The van der Waals surface area contributed by atoms with Gasteiger partial charge in [-0.25, -0.2) is 0 Å². The van der Waals surface area contributed by atoms with Gasteiger partial charge in [0.2, 0.25) is 0 Å². The largest absolute Gasteiger partial charge is 0.329 e. The molecule has 2 fully saturated rings. The van der Waals surface area contributed by atoms with Gasteiger partial charge in [-0.05, 0) is 31.2 Å². The molecule has 0 atom stereocenters. The van der Waals surface area contributed by atoms with E-state index in [1.54, 1.807) is 0 Å². The smallest absolute Gasteiger partial charge is 0.0330 e. The Balaban J connectivity index is 1.52. The lowest BCUT2D eigenvalue weighted by molar-refractivity contribution is 0.124. The molecule has 3 nitrogen and oxygen atoms in total. The van der Waals surface area contributed by atoms with E-state index in [2.05, 4.69) is 40.5 Å². The van der Waals surface area contributed by atoms with Gasteiger partial charge in [-0.2, -0.15) is 0 Å². The van der Waals surface area contributed by atoms with E-state index in [0.717, 1.165) is 26.2 Å². The van der Waals surface area contributed by atoms with Gasteiger partial charge in [-0.15, -0.1) is 0 Å². The Hall–Kier alpha value is -0.900. The highest BCUT2D eigenvalue weighted by atomic mass is 15.2. The zero-order chi connectivity index (χ0) is 14.5. The molecular formula is C18H29N3. The Kier molecular flexibility index (Phi) is 4.94. The summed E-state index contributed by atoms with van der Waals surface area (Å²) in [4.78, 5) is 2.57. The molecular weight excluding hydrogens is 258 g/mol. The molecule has 3 N–H and O–H groups in total. The van der Waals surface area contributed by atoms with E-state index in [9.17, 15) is 0 Å². The monoisotopic (exact) mass is 287 g/mol. The second kappa shape index (κ2) is 6.91. The predicted molar refractivity (Wildman–Crippen MR) is 88.1 cm³/mol. The third-order valence-corrected chi connectivity index (χ3v) is 5.32. The van der Waals surface area contributed by atoms with Gasteiger partial charge in [0.1, 0.15) is 0 Å². The second-order valence-electron chi connectivity index (χ2n) is 6.87. The van der Waals surface area contributed by atoms with Crippen molar-refractivity contribution in [2.24, 2.45) is 5.73 Å². The Morgan fingerprint density at radius 2 is 1.76 bits per heavy atom. The van der Waals surface area contributed by atoms with Gasteiger partial charge >= 0.3 is 0 Å². The summed E-state index contributed by atoms with van der Waals surface area (Å²) in [5.74, 6) is 0. The molecule has 1 saturated carbocycles. The Labute approximate surface area is 128 Å². The van der Waals surface area contributed by atoms with Crippen LogP contribution in [0.25, 0.3) is 0 Å². The van der Waals surface area contributed by atoms with Gasteiger partial charge < -0.3 is 11.1 Å². The van der Waals surface area contributed by atoms with E-state index in [0.29, 0.717) is 6.04 Å². The van der Waals surface area contributed by atoms with Crippen LogP contribution in [0, 0.1) is 0 Å². The number of rotatable bonds is 5. The lowest BCUT2D eigenvalue weighted by Gasteiger charge is -2.43. The quantitative estimate of drug-likeness (QED) is 0.874. The normalized spacial score (nSPS) is 23.5. The van der Waals surface area contributed by atoms with Crippen molar-refractivity contribution in [3.05, 3.63) is 35.9 Å². The van der Waals surface area contributed by atoms with Crippen molar-refractivity contribution in [2.45, 2.75) is 56.7 Å². The second-order valence-corrected chi connectivity index (χ2v) is 6.87. The summed E-state index contributed by atoms with van der Waals surface area (Å²) in [5, 5.41) is 3.91. The number of nitrogens with two attached hydrogens (primary N) is 1. The molecule has 2 aliphatic rings. The van der Waals surface area contributed by atoms with Crippen molar-refractivity contribution in [1.29, 1.82) is 0 Å². The average molecular weight is 287 g/mol. The molecule has 0 radical (unpaired) electrons. The van der Waals surface area contributed by atoms with E-state index >= 15 is 0 Å². The van der Waals surface area contributed by atoms with Crippen LogP contribution in [-0.4, -0.2) is 36.1 Å². The summed E-state index contributed by atoms with van der Waals surface area (Å²) in [6.07, 6.45) is 7.83. The summed E-state index contributed by atoms with van der Waals surface area (Å²) in [6.45, 7) is 4.17. The summed E-state index contributed by atoms with van der Waals surface area (Å²) in [7, 11) is 0. The molecule has 21 heavy (non-hydrogen) atoms. The van der Waals surface area contributed by atoms with Gasteiger partial charge in [0.05, 0.1) is 0 Å². The van der Waals surface area contributed by atoms with E-state index in [1.165, 1.54) is 44.1 Å². The van der Waals surface area contributed by atoms with E-state index in [4.69, 9.17) is 5.73 Å². The topological polar surface area (TPSA) is 41.3 Å². The molecule has 0 aromatic heterocycles. The van der Waals surface area contributed by atoms with Crippen LogP contribution >= 0.6 is 0 Å². The first-order chi connectivity index (χ1) is 10.3. The first-order valence-electron chi connectivity index (χ1n) is 8.54. The van der Waals surface area contributed by atoms with Crippen LogP contribution in [0.3, 0.4) is 0 Å². The van der Waals surface area contributed by atoms with Crippen molar-refractivity contribution in [3.63, 3.8) is 0 Å². The molecule has 0 bridgehead atoms. The highest BCUT2D eigenvalue weighted by molar-refractivity contribution is 5.14. The zero-order valence-corrected chi connectivity index (χ0v) is 13.1. The van der Waals surface area contributed by atoms with E-state index in [-0.39, 0.29) is 5.54 Å². The zero-order valence-electron chi connectivity index (χ0n) is 13.1. The molecule has 1 heterocycles. The van der Waals surface area contributed by atoms with Crippen LogP contribution in [0.5, 0.6) is 0 Å². The fraction of sp³-hybridized carbons (Fsp3) is 0.667.